The smallest absolute Gasteiger partial charge is 0.334 e. The maximum atomic E-state index is 13.9. The largest absolute Gasteiger partial charge is 0.337 e. The van der Waals surface area contributed by atoms with Crippen molar-refractivity contribution >= 4 is 17.8 Å². The van der Waals surface area contributed by atoms with Crippen LogP contribution in [0, 0.1) is 0 Å². The third-order valence-corrected chi connectivity index (χ3v) is 7.59. The third kappa shape index (κ3) is 6.18. The Morgan fingerprint density at radius 2 is 1.43 bits per heavy atom. The summed E-state index contributed by atoms with van der Waals surface area (Å²) in [5, 5.41) is 6.59. The molecule has 8 heteroatoms. The predicted octanol–water partition coefficient (Wildman–Crippen LogP) is 3.69. The van der Waals surface area contributed by atoms with Gasteiger partial charge in [0.05, 0.1) is 13.1 Å². The number of fused-ring (bicyclic) bond motifs is 1. The first-order valence-corrected chi connectivity index (χ1v) is 14.1. The van der Waals surface area contributed by atoms with Crippen LogP contribution in [0.15, 0.2) is 91.0 Å². The summed E-state index contributed by atoms with van der Waals surface area (Å²) in [5.41, 5.74) is 3.11. The molecule has 5 rings (SSSR count). The highest BCUT2D eigenvalue weighted by atomic mass is 16.2. The molecule has 1 N–H and O–H groups in total. The van der Waals surface area contributed by atoms with Crippen molar-refractivity contribution in [3.05, 3.63) is 108 Å². The van der Waals surface area contributed by atoms with E-state index in [0.717, 1.165) is 23.1 Å². The van der Waals surface area contributed by atoms with E-state index >= 15 is 0 Å². The van der Waals surface area contributed by atoms with Gasteiger partial charge in [0, 0.05) is 26.1 Å². The fourth-order valence-electron chi connectivity index (χ4n) is 5.65. The van der Waals surface area contributed by atoms with Gasteiger partial charge in [-0.15, -0.1) is 0 Å². The van der Waals surface area contributed by atoms with E-state index < -0.39 is 12.2 Å². The van der Waals surface area contributed by atoms with Crippen LogP contribution >= 0.6 is 0 Å². The number of carbonyl (C=O) groups is 3. The van der Waals surface area contributed by atoms with Crippen LogP contribution in [0.3, 0.4) is 0 Å². The molecule has 0 radical (unpaired) electrons. The molecule has 0 unspecified atom stereocenters. The number of amides is 4. The van der Waals surface area contributed by atoms with Gasteiger partial charge in [0.25, 0.3) is 0 Å². The van der Waals surface area contributed by atoms with Crippen LogP contribution in [0.25, 0.3) is 0 Å². The first-order chi connectivity index (χ1) is 19.5. The topological polar surface area (TPSA) is 76.2 Å². The van der Waals surface area contributed by atoms with Gasteiger partial charge in [-0.05, 0) is 29.5 Å². The summed E-state index contributed by atoms with van der Waals surface area (Å²) in [4.78, 5) is 44.9. The number of nitrogens with one attached hydrogen (secondary N) is 1. The van der Waals surface area contributed by atoms with Gasteiger partial charge in [0.2, 0.25) is 11.8 Å². The minimum Gasteiger partial charge on any atom is -0.337 e. The molecule has 2 fully saturated rings. The second-order valence-electron chi connectivity index (χ2n) is 10.4. The van der Waals surface area contributed by atoms with Crippen molar-refractivity contribution < 1.29 is 14.4 Å². The normalized spacial score (nSPS) is 19.5. The van der Waals surface area contributed by atoms with E-state index in [1.54, 1.807) is 9.91 Å². The molecular weight excluding hydrogens is 502 g/mol. The Labute approximate surface area is 236 Å². The summed E-state index contributed by atoms with van der Waals surface area (Å²) in [7, 11) is 0. The van der Waals surface area contributed by atoms with Crippen molar-refractivity contribution in [2.45, 2.75) is 44.9 Å². The van der Waals surface area contributed by atoms with E-state index in [4.69, 9.17) is 0 Å². The molecule has 3 aromatic rings. The second-order valence-corrected chi connectivity index (χ2v) is 10.4. The van der Waals surface area contributed by atoms with Crippen LogP contribution in [-0.2, 0) is 29.0 Å². The van der Waals surface area contributed by atoms with Gasteiger partial charge >= 0.3 is 6.03 Å². The fourth-order valence-corrected chi connectivity index (χ4v) is 5.65. The van der Waals surface area contributed by atoms with Crippen molar-refractivity contribution in [3.8, 4) is 0 Å². The number of urea groups is 1. The number of carbonyl (C=O) groups excluding carboxylic acids is 3. The SMILES string of the molecule is CCCN1CC(=O)N2[C@@H](Cc3ccccc3)C(=O)N(CCc3ccccc3)C[C@@H]2N1C(=O)NCc1ccccc1. The standard InChI is InChI=1S/C32H37N5O3/c1-2-19-35-24-30(38)36-28(21-26-14-8-4-9-15-26)31(39)34(20-18-25-12-6-3-7-13-25)23-29(36)37(35)32(40)33-22-27-16-10-5-11-17-27/h3-17,28-29H,2,18-24H2,1H3,(H,33,40)/t28-,29-/m0/s1. The first kappa shape index (κ1) is 27.4. The summed E-state index contributed by atoms with van der Waals surface area (Å²) in [6, 6.07) is 28.7. The molecule has 0 saturated carbocycles. The minimum absolute atomic E-state index is 0.0612. The van der Waals surface area contributed by atoms with E-state index in [9.17, 15) is 14.4 Å². The van der Waals surface area contributed by atoms with Crippen molar-refractivity contribution in [1.82, 2.24) is 25.1 Å². The van der Waals surface area contributed by atoms with Crippen LogP contribution in [0.5, 0.6) is 0 Å². The Morgan fingerprint density at radius 1 is 0.825 bits per heavy atom. The maximum absolute atomic E-state index is 13.9. The van der Waals surface area contributed by atoms with E-state index in [1.807, 2.05) is 95.7 Å². The van der Waals surface area contributed by atoms with Crippen molar-refractivity contribution in [2.24, 2.45) is 0 Å². The molecule has 0 aromatic heterocycles. The number of hydrogen-bond donors (Lipinski definition) is 1. The quantitative estimate of drug-likeness (QED) is 0.450. The van der Waals surface area contributed by atoms with Gasteiger partial charge in [0.15, 0.2) is 0 Å². The highest BCUT2D eigenvalue weighted by Crippen LogP contribution is 2.28. The molecule has 208 valence electrons. The van der Waals surface area contributed by atoms with Gasteiger partial charge in [-0.2, -0.15) is 0 Å². The average Bonchev–Trinajstić information content (AvgIpc) is 2.98. The van der Waals surface area contributed by atoms with Crippen LogP contribution < -0.4 is 5.32 Å². The highest BCUT2D eigenvalue weighted by Gasteiger charge is 2.51. The van der Waals surface area contributed by atoms with E-state index in [1.165, 1.54) is 0 Å². The van der Waals surface area contributed by atoms with Gasteiger partial charge in [-0.3, -0.25) is 9.59 Å². The highest BCUT2D eigenvalue weighted by molar-refractivity contribution is 5.91. The fraction of sp³-hybridized carbons (Fsp3) is 0.344. The molecule has 2 aliphatic rings. The van der Waals surface area contributed by atoms with Crippen molar-refractivity contribution in [2.75, 3.05) is 26.2 Å². The molecule has 2 saturated heterocycles. The number of hydrazine groups is 1. The summed E-state index contributed by atoms with van der Waals surface area (Å²) in [5.74, 6) is -0.194. The van der Waals surface area contributed by atoms with E-state index in [2.05, 4.69) is 17.4 Å². The lowest BCUT2D eigenvalue weighted by Gasteiger charge is -2.55. The van der Waals surface area contributed by atoms with Crippen molar-refractivity contribution in [1.29, 1.82) is 0 Å². The Morgan fingerprint density at radius 3 is 2.05 bits per heavy atom. The summed E-state index contributed by atoms with van der Waals surface area (Å²) < 4.78 is 0. The number of nitrogens with zero attached hydrogens (tertiary/aromatic N) is 4. The Balaban J connectivity index is 1.45. The van der Waals surface area contributed by atoms with Crippen molar-refractivity contribution in [3.63, 3.8) is 0 Å². The van der Waals surface area contributed by atoms with E-state index in [0.29, 0.717) is 32.5 Å². The molecule has 2 atom stereocenters. The summed E-state index contributed by atoms with van der Waals surface area (Å²) in [6.07, 6.45) is 1.29. The van der Waals surface area contributed by atoms with Gasteiger partial charge in [-0.1, -0.05) is 97.9 Å². The molecule has 3 aromatic carbocycles. The monoisotopic (exact) mass is 539 g/mol. The van der Waals surface area contributed by atoms with Crippen LogP contribution in [0.4, 0.5) is 4.79 Å². The molecule has 4 amide bonds. The van der Waals surface area contributed by atoms with Gasteiger partial charge in [0.1, 0.15) is 12.2 Å². The molecule has 8 nitrogen and oxygen atoms in total. The lowest BCUT2D eigenvalue weighted by Crippen LogP contribution is -2.76. The Bertz CT molecular complexity index is 1290. The maximum Gasteiger partial charge on any atom is 0.334 e. The summed E-state index contributed by atoms with van der Waals surface area (Å²) in [6.45, 7) is 3.82. The van der Waals surface area contributed by atoms with Gasteiger partial charge < -0.3 is 15.1 Å². The zero-order valence-corrected chi connectivity index (χ0v) is 23.0. The molecule has 2 aliphatic heterocycles. The first-order valence-electron chi connectivity index (χ1n) is 14.1. The minimum atomic E-state index is -0.683. The molecular formula is C32H37N5O3. The number of piperazine rings is 1. The number of benzene rings is 3. The Hall–Kier alpha value is -4.17. The van der Waals surface area contributed by atoms with Crippen LogP contribution in [-0.4, -0.2) is 76.0 Å². The number of rotatable bonds is 9. The van der Waals surface area contributed by atoms with E-state index in [-0.39, 0.29) is 30.9 Å². The Kier molecular flexibility index (Phi) is 8.76. The molecule has 0 bridgehead atoms. The van der Waals surface area contributed by atoms with Gasteiger partial charge in [-0.25, -0.2) is 14.8 Å². The summed E-state index contributed by atoms with van der Waals surface area (Å²) >= 11 is 0. The predicted molar refractivity (Wildman–Crippen MR) is 154 cm³/mol. The van der Waals surface area contributed by atoms with Crippen LogP contribution in [0.2, 0.25) is 0 Å². The van der Waals surface area contributed by atoms with Crippen LogP contribution in [0.1, 0.15) is 30.0 Å². The lowest BCUT2D eigenvalue weighted by molar-refractivity contribution is -0.190. The lowest BCUT2D eigenvalue weighted by atomic mass is 9.98. The zero-order valence-electron chi connectivity index (χ0n) is 23.0. The average molecular weight is 540 g/mol. The number of hydrogen-bond acceptors (Lipinski definition) is 4. The third-order valence-electron chi connectivity index (χ3n) is 7.59. The molecule has 40 heavy (non-hydrogen) atoms. The zero-order chi connectivity index (χ0) is 27.9. The molecule has 0 spiro atoms. The molecule has 0 aliphatic carbocycles. The molecule has 2 heterocycles. The second kappa shape index (κ2) is 12.8.